The largest absolute Gasteiger partial charge is 0.376 e. The summed E-state index contributed by atoms with van der Waals surface area (Å²) < 4.78 is 7.78. The van der Waals surface area contributed by atoms with Gasteiger partial charge in [0.05, 0.1) is 18.0 Å². The van der Waals surface area contributed by atoms with Gasteiger partial charge >= 0.3 is 0 Å². The van der Waals surface area contributed by atoms with Crippen LogP contribution in [0.15, 0.2) is 42.9 Å². The summed E-state index contributed by atoms with van der Waals surface area (Å²) in [4.78, 5) is 18.9. The van der Waals surface area contributed by atoms with E-state index in [1.807, 2.05) is 12.3 Å². The molecule has 6 heteroatoms. The van der Waals surface area contributed by atoms with Crippen molar-refractivity contribution in [3.63, 3.8) is 0 Å². The monoisotopic (exact) mass is 396 g/mol. The number of carbonyl (C=O) groups is 1. The molecular weight excluding hydrogens is 364 g/mol. The quantitative estimate of drug-likeness (QED) is 0.745. The fraction of sp³-hybridized carbons (Fsp3) is 0.565. The second-order valence-corrected chi connectivity index (χ2v) is 8.28. The molecule has 2 fully saturated rings. The maximum atomic E-state index is 12.1. The number of hydrogen-bond acceptors (Lipinski definition) is 4. The van der Waals surface area contributed by atoms with Crippen molar-refractivity contribution >= 4 is 5.91 Å². The summed E-state index contributed by atoms with van der Waals surface area (Å²) in [7, 11) is 0. The molecule has 4 heterocycles. The molecule has 2 aliphatic rings. The van der Waals surface area contributed by atoms with E-state index >= 15 is 0 Å². The molecule has 0 aromatic carbocycles. The van der Waals surface area contributed by atoms with Crippen LogP contribution >= 0.6 is 0 Å². The van der Waals surface area contributed by atoms with Crippen molar-refractivity contribution in [2.75, 3.05) is 26.2 Å². The van der Waals surface area contributed by atoms with Gasteiger partial charge in [-0.1, -0.05) is 0 Å². The third-order valence-electron chi connectivity index (χ3n) is 6.18. The number of likely N-dealkylation sites (tertiary alicyclic amines) is 1. The molecule has 0 radical (unpaired) electrons. The first kappa shape index (κ1) is 20.1. The lowest BCUT2D eigenvalue weighted by Gasteiger charge is -2.32. The van der Waals surface area contributed by atoms with Crippen LogP contribution in [0, 0.1) is 5.92 Å². The number of nitrogens with zero attached hydrogens (tertiary/aromatic N) is 3. The Balaban J connectivity index is 1.17. The van der Waals surface area contributed by atoms with Crippen molar-refractivity contribution in [1.29, 1.82) is 0 Å². The molecule has 0 unspecified atom stereocenters. The molecule has 1 amide bonds. The van der Waals surface area contributed by atoms with Crippen molar-refractivity contribution in [3.8, 4) is 5.69 Å². The summed E-state index contributed by atoms with van der Waals surface area (Å²) >= 11 is 0. The molecular formula is C23H32N4O2. The van der Waals surface area contributed by atoms with Crippen molar-refractivity contribution in [2.24, 2.45) is 5.92 Å². The molecule has 4 rings (SSSR count). The van der Waals surface area contributed by atoms with Crippen LogP contribution in [0.25, 0.3) is 5.69 Å². The lowest BCUT2D eigenvalue weighted by molar-refractivity contribution is -0.122. The Morgan fingerprint density at radius 2 is 2.10 bits per heavy atom. The average Bonchev–Trinajstić information content (AvgIpc) is 3.44. The van der Waals surface area contributed by atoms with Gasteiger partial charge in [-0.2, -0.15) is 0 Å². The molecule has 0 saturated carbocycles. The lowest BCUT2D eigenvalue weighted by atomic mass is 9.92. The van der Waals surface area contributed by atoms with E-state index in [0.717, 1.165) is 51.2 Å². The summed E-state index contributed by atoms with van der Waals surface area (Å²) in [6.45, 7) is 4.66. The molecule has 2 aromatic heterocycles. The van der Waals surface area contributed by atoms with Gasteiger partial charge in [-0.25, -0.2) is 0 Å². The summed E-state index contributed by atoms with van der Waals surface area (Å²) in [5, 5.41) is 3.04. The highest BCUT2D eigenvalue weighted by Crippen LogP contribution is 2.24. The summed E-state index contributed by atoms with van der Waals surface area (Å²) in [6, 6.07) is 8.36. The Kier molecular flexibility index (Phi) is 6.96. The van der Waals surface area contributed by atoms with E-state index in [1.54, 1.807) is 6.20 Å². The second-order valence-electron chi connectivity index (χ2n) is 8.28. The lowest BCUT2D eigenvalue weighted by Crippen LogP contribution is -2.35. The normalized spacial score (nSPS) is 20.8. The highest BCUT2D eigenvalue weighted by molar-refractivity contribution is 5.75. The minimum absolute atomic E-state index is 0.178. The van der Waals surface area contributed by atoms with Gasteiger partial charge in [0.15, 0.2) is 0 Å². The zero-order chi connectivity index (χ0) is 19.9. The minimum Gasteiger partial charge on any atom is -0.376 e. The molecule has 1 N–H and O–H groups in total. The highest BCUT2D eigenvalue weighted by Gasteiger charge is 2.21. The van der Waals surface area contributed by atoms with Crippen LogP contribution in [0.5, 0.6) is 0 Å². The average molecular weight is 397 g/mol. The van der Waals surface area contributed by atoms with Crippen LogP contribution in [0.4, 0.5) is 0 Å². The molecule has 0 spiro atoms. The standard InChI is InChI=1S/C23H32N4O2/c28-23(25-17-22-6-3-15-29-22)8-7-19-9-13-26(14-10-19)18-21-5-2-12-27(21)20-4-1-11-24-16-20/h1-2,4-5,11-12,16,19,22H,3,6-10,13-15,17-18H2,(H,25,28)/t22-/m0/s1. The zero-order valence-electron chi connectivity index (χ0n) is 17.1. The Hall–Kier alpha value is -2.18. The van der Waals surface area contributed by atoms with Crippen LogP contribution in [0.3, 0.4) is 0 Å². The Morgan fingerprint density at radius 1 is 1.21 bits per heavy atom. The number of hydrogen-bond donors (Lipinski definition) is 1. The first-order chi connectivity index (χ1) is 14.3. The predicted octanol–water partition coefficient (Wildman–Crippen LogP) is 3.16. The van der Waals surface area contributed by atoms with E-state index in [9.17, 15) is 4.79 Å². The van der Waals surface area contributed by atoms with Crippen molar-refractivity contribution in [1.82, 2.24) is 19.8 Å². The predicted molar refractivity (Wildman–Crippen MR) is 113 cm³/mol. The summed E-state index contributed by atoms with van der Waals surface area (Å²) in [6.07, 6.45) is 12.2. The third-order valence-corrected chi connectivity index (χ3v) is 6.18. The first-order valence-electron chi connectivity index (χ1n) is 11.0. The van der Waals surface area contributed by atoms with E-state index in [-0.39, 0.29) is 12.0 Å². The molecule has 2 saturated heterocycles. The maximum Gasteiger partial charge on any atom is 0.220 e. The zero-order valence-corrected chi connectivity index (χ0v) is 17.1. The first-order valence-corrected chi connectivity index (χ1v) is 11.0. The van der Waals surface area contributed by atoms with Gasteiger partial charge in [0.2, 0.25) is 5.91 Å². The number of carbonyl (C=O) groups excluding carboxylic acids is 1. The van der Waals surface area contributed by atoms with Crippen LogP contribution < -0.4 is 5.32 Å². The number of nitrogens with one attached hydrogen (secondary N) is 1. The molecule has 156 valence electrons. The van der Waals surface area contributed by atoms with E-state index in [1.165, 1.54) is 18.5 Å². The van der Waals surface area contributed by atoms with E-state index < -0.39 is 0 Å². The molecule has 29 heavy (non-hydrogen) atoms. The molecule has 1 atom stereocenters. The SMILES string of the molecule is O=C(CCC1CCN(Cc2cccn2-c2cccnc2)CC1)NC[C@@H]1CCCO1. The van der Waals surface area contributed by atoms with Gasteiger partial charge in [-0.15, -0.1) is 0 Å². The summed E-state index contributed by atoms with van der Waals surface area (Å²) in [5.74, 6) is 0.835. The molecule has 0 aliphatic carbocycles. The van der Waals surface area contributed by atoms with Crippen molar-refractivity contribution in [3.05, 3.63) is 48.5 Å². The summed E-state index contributed by atoms with van der Waals surface area (Å²) in [5.41, 5.74) is 2.40. The topological polar surface area (TPSA) is 59.4 Å². The van der Waals surface area contributed by atoms with Gasteiger partial charge in [-0.05, 0) is 75.4 Å². The number of aromatic nitrogens is 2. The van der Waals surface area contributed by atoms with Gasteiger partial charge in [0, 0.05) is 44.2 Å². The second kappa shape index (κ2) is 10.0. The third kappa shape index (κ3) is 5.67. The van der Waals surface area contributed by atoms with Crippen LogP contribution in [0.2, 0.25) is 0 Å². The van der Waals surface area contributed by atoms with Gasteiger partial charge in [0.25, 0.3) is 0 Å². The number of rotatable bonds is 8. The smallest absolute Gasteiger partial charge is 0.220 e. The van der Waals surface area contributed by atoms with Crippen LogP contribution in [-0.2, 0) is 16.1 Å². The molecule has 6 nitrogen and oxygen atoms in total. The number of amides is 1. The fourth-order valence-corrected chi connectivity index (χ4v) is 4.41. The maximum absolute atomic E-state index is 12.1. The van der Waals surface area contributed by atoms with Gasteiger partial charge < -0.3 is 14.6 Å². The van der Waals surface area contributed by atoms with Crippen LogP contribution in [-0.4, -0.2) is 52.7 Å². The number of pyridine rings is 1. The van der Waals surface area contributed by atoms with Crippen molar-refractivity contribution < 1.29 is 9.53 Å². The molecule has 0 bridgehead atoms. The van der Waals surface area contributed by atoms with Gasteiger partial charge in [0.1, 0.15) is 0 Å². The fourth-order valence-electron chi connectivity index (χ4n) is 4.41. The minimum atomic E-state index is 0.178. The molecule has 2 aliphatic heterocycles. The van der Waals surface area contributed by atoms with E-state index in [4.69, 9.17) is 4.74 Å². The van der Waals surface area contributed by atoms with Gasteiger partial charge in [-0.3, -0.25) is 14.7 Å². The Morgan fingerprint density at radius 3 is 2.86 bits per heavy atom. The highest BCUT2D eigenvalue weighted by atomic mass is 16.5. The van der Waals surface area contributed by atoms with Crippen LogP contribution in [0.1, 0.15) is 44.2 Å². The van der Waals surface area contributed by atoms with Crippen molar-refractivity contribution in [2.45, 2.75) is 51.2 Å². The number of ether oxygens (including phenoxy) is 1. The van der Waals surface area contributed by atoms with E-state index in [2.05, 4.69) is 44.2 Å². The van der Waals surface area contributed by atoms with E-state index in [0.29, 0.717) is 18.9 Å². The molecule has 2 aromatic rings. The Labute approximate surface area is 173 Å². The Bertz CT molecular complexity index is 762. The number of piperidine rings is 1.